The Morgan fingerprint density at radius 3 is 2.07 bits per heavy atom. The maximum Gasteiger partial charge on any atom is 0.244 e. The molecule has 220 valence electrons. The van der Waals surface area contributed by atoms with E-state index in [0.29, 0.717) is 26.9 Å². The van der Waals surface area contributed by atoms with Crippen LogP contribution >= 0.6 is 23.2 Å². The fraction of sp³-hybridized carbons (Fsp3) is 0.355. The highest BCUT2D eigenvalue weighted by Crippen LogP contribution is 2.29. The van der Waals surface area contributed by atoms with E-state index in [4.69, 9.17) is 23.2 Å². The molecule has 1 N–H and O–H groups in total. The summed E-state index contributed by atoms with van der Waals surface area (Å²) in [4.78, 5) is 29.4. The summed E-state index contributed by atoms with van der Waals surface area (Å²) in [6.45, 7) is 8.65. The number of rotatable bonds is 10. The smallest absolute Gasteiger partial charge is 0.244 e. The molecule has 7 nitrogen and oxygen atoms in total. The van der Waals surface area contributed by atoms with Gasteiger partial charge >= 0.3 is 0 Å². The van der Waals surface area contributed by atoms with Crippen LogP contribution in [-0.4, -0.2) is 49.5 Å². The van der Waals surface area contributed by atoms with Gasteiger partial charge in [-0.05, 0) is 63.9 Å². The summed E-state index contributed by atoms with van der Waals surface area (Å²) in [6.07, 6.45) is 1.25. The van der Waals surface area contributed by atoms with Gasteiger partial charge in [0, 0.05) is 34.1 Å². The average molecular weight is 619 g/mol. The minimum atomic E-state index is -3.87. The molecule has 1 atom stereocenters. The minimum Gasteiger partial charge on any atom is -0.350 e. The van der Waals surface area contributed by atoms with Gasteiger partial charge in [0.15, 0.2) is 0 Å². The molecule has 3 aromatic rings. The van der Waals surface area contributed by atoms with E-state index in [-0.39, 0.29) is 18.9 Å². The predicted molar refractivity (Wildman–Crippen MR) is 167 cm³/mol. The fourth-order valence-corrected chi connectivity index (χ4v) is 5.96. The molecule has 0 fully saturated rings. The number of nitrogens with zero attached hydrogens (tertiary/aromatic N) is 2. The zero-order chi connectivity index (χ0) is 30.5. The Hall–Kier alpha value is -3.07. The number of hydrogen-bond donors (Lipinski definition) is 1. The predicted octanol–water partition coefficient (Wildman–Crippen LogP) is 5.93. The van der Waals surface area contributed by atoms with Gasteiger partial charge in [0.1, 0.15) is 12.6 Å². The minimum absolute atomic E-state index is 0.100. The molecular weight excluding hydrogens is 581 g/mol. The van der Waals surface area contributed by atoms with Crippen LogP contribution in [0.5, 0.6) is 0 Å². The molecular formula is C31H37Cl2N3O4S. The highest BCUT2D eigenvalue weighted by molar-refractivity contribution is 7.92. The second-order valence-corrected chi connectivity index (χ2v) is 13.9. The second-order valence-electron chi connectivity index (χ2n) is 11.2. The van der Waals surface area contributed by atoms with Crippen LogP contribution in [0.2, 0.25) is 10.0 Å². The van der Waals surface area contributed by atoms with E-state index in [1.54, 1.807) is 37.3 Å². The first-order chi connectivity index (χ1) is 19.1. The summed E-state index contributed by atoms with van der Waals surface area (Å²) in [7, 11) is -3.87. The van der Waals surface area contributed by atoms with Crippen molar-refractivity contribution in [2.24, 2.45) is 0 Å². The third kappa shape index (κ3) is 8.96. The van der Waals surface area contributed by atoms with Crippen molar-refractivity contribution in [1.82, 2.24) is 10.2 Å². The molecule has 0 aromatic heterocycles. The van der Waals surface area contributed by atoms with Gasteiger partial charge < -0.3 is 10.2 Å². The Kier molecular flexibility index (Phi) is 10.5. The summed E-state index contributed by atoms with van der Waals surface area (Å²) >= 11 is 13.0. The van der Waals surface area contributed by atoms with Crippen LogP contribution < -0.4 is 9.62 Å². The molecule has 0 radical (unpaired) electrons. The lowest BCUT2D eigenvalue weighted by atomic mass is 10.0. The molecule has 0 aliphatic carbocycles. The van der Waals surface area contributed by atoms with Crippen LogP contribution in [0.15, 0.2) is 66.7 Å². The van der Waals surface area contributed by atoms with Crippen LogP contribution in [0.25, 0.3) is 0 Å². The van der Waals surface area contributed by atoms with E-state index in [1.165, 1.54) is 4.90 Å². The van der Waals surface area contributed by atoms with Crippen LogP contribution in [-0.2, 0) is 32.6 Å². The number of aryl methyl sites for hydroxylation is 2. The van der Waals surface area contributed by atoms with Crippen molar-refractivity contribution in [1.29, 1.82) is 0 Å². The van der Waals surface area contributed by atoms with E-state index >= 15 is 0 Å². The van der Waals surface area contributed by atoms with E-state index < -0.39 is 34.1 Å². The Balaban J connectivity index is 2.14. The molecule has 0 saturated heterocycles. The third-order valence-corrected chi connectivity index (χ3v) is 8.29. The van der Waals surface area contributed by atoms with Gasteiger partial charge in [-0.25, -0.2) is 8.42 Å². The second kappa shape index (κ2) is 13.3. The summed E-state index contributed by atoms with van der Waals surface area (Å²) in [5, 5.41) is 3.66. The molecule has 0 bridgehead atoms. The average Bonchev–Trinajstić information content (AvgIpc) is 2.85. The molecule has 3 aromatic carbocycles. The van der Waals surface area contributed by atoms with Crippen molar-refractivity contribution >= 4 is 50.7 Å². The Morgan fingerprint density at radius 1 is 0.927 bits per heavy atom. The molecule has 0 heterocycles. The van der Waals surface area contributed by atoms with Gasteiger partial charge in [0.2, 0.25) is 21.8 Å². The van der Waals surface area contributed by atoms with Crippen molar-refractivity contribution in [2.45, 2.75) is 59.2 Å². The maximum atomic E-state index is 14.2. The number of sulfonamides is 1. The number of amides is 2. The maximum absolute atomic E-state index is 14.2. The Bertz CT molecular complexity index is 1490. The number of hydrogen-bond acceptors (Lipinski definition) is 4. The van der Waals surface area contributed by atoms with Gasteiger partial charge in [-0.15, -0.1) is 0 Å². The zero-order valence-electron chi connectivity index (χ0n) is 24.2. The normalized spacial score (nSPS) is 12.5. The van der Waals surface area contributed by atoms with E-state index in [1.807, 2.05) is 64.1 Å². The lowest BCUT2D eigenvalue weighted by Gasteiger charge is -2.35. The van der Waals surface area contributed by atoms with Crippen LogP contribution in [0.1, 0.15) is 43.0 Å². The lowest BCUT2D eigenvalue weighted by Crippen LogP contribution is -2.56. The zero-order valence-corrected chi connectivity index (χ0v) is 26.6. The standard InChI is InChI=1S/C31H37Cl2N3O4S/c1-21-15-16-27(22(2)17-21)36(41(6,39)40)20-29(37)35(19-24-25(32)13-10-14-26(24)33)28(30(38)34-31(3,4)5)18-23-11-8-7-9-12-23/h7-17,28H,18-20H2,1-6H3,(H,34,38)/t28-/m1/s1. The first kappa shape index (κ1) is 32.4. The number of nitrogens with one attached hydrogen (secondary N) is 1. The third-order valence-electron chi connectivity index (χ3n) is 6.46. The van der Waals surface area contributed by atoms with Crippen molar-refractivity contribution in [3.63, 3.8) is 0 Å². The summed E-state index contributed by atoms with van der Waals surface area (Å²) in [5.74, 6) is -0.952. The highest BCUT2D eigenvalue weighted by Gasteiger charge is 2.35. The van der Waals surface area contributed by atoms with Gasteiger partial charge in [-0.1, -0.05) is 77.3 Å². The van der Waals surface area contributed by atoms with E-state index in [9.17, 15) is 18.0 Å². The summed E-state index contributed by atoms with van der Waals surface area (Å²) in [5.41, 5.74) is 2.77. The molecule has 0 spiro atoms. The van der Waals surface area contributed by atoms with Crippen molar-refractivity contribution in [3.8, 4) is 0 Å². The fourth-order valence-electron chi connectivity index (χ4n) is 4.54. The number of carbonyl (C=O) groups excluding carboxylic acids is 2. The van der Waals surface area contributed by atoms with Crippen molar-refractivity contribution in [3.05, 3.63) is 99.0 Å². The first-order valence-corrected chi connectivity index (χ1v) is 15.8. The Labute approximate surface area is 253 Å². The van der Waals surface area contributed by atoms with Crippen molar-refractivity contribution < 1.29 is 18.0 Å². The quantitative estimate of drug-likeness (QED) is 0.305. The number of halogens is 2. The summed E-state index contributed by atoms with van der Waals surface area (Å²) < 4.78 is 27.1. The molecule has 41 heavy (non-hydrogen) atoms. The van der Waals surface area contributed by atoms with Gasteiger partial charge in [-0.3, -0.25) is 13.9 Å². The monoisotopic (exact) mass is 617 g/mol. The number of benzene rings is 3. The van der Waals surface area contributed by atoms with Crippen molar-refractivity contribution in [2.75, 3.05) is 17.1 Å². The lowest BCUT2D eigenvalue weighted by molar-refractivity contribution is -0.140. The SMILES string of the molecule is Cc1ccc(N(CC(=O)N(Cc2c(Cl)cccc2Cl)[C@H](Cc2ccccc2)C(=O)NC(C)(C)C)S(C)(=O)=O)c(C)c1. The highest BCUT2D eigenvalue weighted by atomic mass is 35.5. The number of carbonyl (C=O) groups is 2. The summed E-state index contributed by atoms with van der Waals surface area (Å²) in [6, 6.07) is 18.7. The first-order valence-electron chi connectivity index (χ1n) is 13.2. The molecule has 2 amide bonds. The Morgan fingerprint density at radius 2 is 1.54 bits per heavy atom. The molecule has 3 rings (SSSR count). The van der Waals surface area contributed by atoms with Gasteiger partial charge in [0.05, 0.1) is 11.9 Å². The molecule has 0 aliphatic heterocycles. The molecule has 0 aliphatic rings. The number of anilines is 1. The molecule has 0 unspecified atom stereocenters. The van der Waals surface area contributed by atoms with E-state index in [0.717, 1.165) is 21.7 Å². The van der Waals surface area contributed by atoms with Crippen LogP contribution in [0, 0.1) is 13.8 Å². The molecule has 0 saturated carbocycles. The topological polar surface area (TPSA) is 86.8 Å². The largest absolute Gasteiger partial charge is 0.350 e. The van der Waals surface area contributed by atoms with Crippen LogP contribution in [0.3, 0.4) is 0 Å². The van der Waals surface area contributed by atoms with Gasteiger partial charge in [-0.2, -0.15) is 0 Å². The van der Waals surface area contributed by atoms with E-state index in [2.05, 4.69) is 5.32 Å². The van der Waals surface area contributed by atoms with Gasteiger partial charge in [0.25, 0.3) is 0 Å². The van der Waals surface area contributed by atoms with Crippen LogP contribution in [0.4, 0.5) is 5.69 Å². The molecule has 10 heteroatoms.